The van der Waals surface area contributed by atoms with Gasteiger partial charge in [-0.25, -0.2) is 0 Å². The van der Waals surface area contributed by atoms with E-state index >= 15 is 0 Å². The highest BCUT2D eigenvalue weighted by molar-refractivity contribution is 6.30. The molecule has 0 spiro atoms. The van der Waals surface area contributed by atoms with E-state index in [9.17, 15) is 14.4 Å². The summed E-state index contributed by atoms with van der Waals surface area (Å²) in [6.45, 7) is 2.21. The first-order valence-corrected chi connectivity index (χ1v) is 10.5. The number of aromatic nitrogens is 1. The number of pyridine rings is 1. The van der Waals surface area contributed by atoms with Crippen LogP contribution in [-0.4, -0.2) is 47.3 Å². The third kappa shape index (κ3) is 4.54. The lowest BCUT2D eigenvalue weighted by molar-refractivity contribution is -0.133. The highest BCUT2D eigenvalue weighted by Gasteiger charge is 2.35. The van der Waals surface area contributed by atoms with Crippen LogP contribution in [0, 0.1) is 0 Å². The van der Waals surface area contributed by atoms with Crippen LogP contribution in [0.1, 0.15) is 16.4 Å². The van der Waals surface area contributed by atoms with Crippen LogP contribution >= 0.6 is 11.6 Å². The number of nitrogens with zero attached hydrogens (tertiary/aromatic N) is 3. The zero-order valence-corrected chi connectivity index (χ0v) is 17.6. The number of carbonyl (C=O) groups excluding carboxylic acids is 2. The van der Waals surface area contributed by atoms with E-state index in [2.05, 4.69) is 4.90 Å². The van der Waals surface area contributed by atoms with E-state index in [0.717, 1.165) is 10.3 Å². The molecule has 6 nitrogen and oxygen atoms in total. The molecule has 3 aromatic rings. The van der Waals surface area contributed by atoms with Crippen molar-refractivity contribution in [3.05, 3.63) is 99.9 Å². The number of rotatable bonds is 5. The fraction of sp³-hybridized carbons (Fsp3) is 0.208. The molecule has 2 aromatic carbocycles. The predicted molar refractivity (Wildman–Crippen MR) is 121 cm³/mol. The van der Waals surface area contributed by atoms with Gasteiger partial charge in [-0.1, -0.05) is 60.1 Å². The van der Waals surface area contributed by atoms with Gasteiger partial charge in [0.25, 0.3) is 11.5 Å². The maximum atomic E-state index is 13.5. The molecule has 1 saturated heterocycles. The molecule has 1 fully saturated rings. The highest BCUT2D eigenvalue weighted by atomic mass is 35.5. The van der Waals surface area contributed by atoms with Gasteiger partial charge in [-0.2, -0.15) is 0 Å². The van der Waals surface area contributed by atoms with Gasteiger partial charge in [0.2, 0.25) is 0 Å². The molecule has 0 saturated carbocycles. The maximum absolute atomic E-state index is 13.5. The Bertz CT molecular complexity index is 1120. The zero-order chi connectivity index (χ0) is 21.8. The summed E-state index contributed by atoms with van der Waals surface area (Å²) >= 11 is 6.09. The number of amides is 1. The average Bonchev–Trinajstić information content (AvgIpc) is 2.82. The Hall–Kier alpha value is -3.38. The molecule has 0 aliphatic carbocycles. The van der Waals surface area contributed by atoms with Gasteiger partial charge in [-0.15, -0.1) is 0 Å². The first kappa shape index (κ1) is 20.9. The smallest absolute Gasteiger partial charge is 0.253 e. The van der Waals surface area contributed by atoms with Crippen molar-refractivity contribution in [3.63, 3.8) is 0 Å². The van der Waals surface area contributed by atoms with E-state index < -0.39 is 23.3 Å². The lowest BCUT2D eigenvalue weighted by Gasteiger charge is -2.37. The van der Waals surface area contributed by atoms with Gasteiger partial charge >= 0.3 is 0 Å². The minimum absolute atomic E-state index is 0.284. The fourth-order valence-electron chi connectivity index (χ4n) is 3.79. The summed E-state index contributed by atoms with van der Waals surface area (Å²) in [4.78, 5) is 43.2. The molecule has 0 radical (unpaired) electrons. The van der Waals surface area contributed by atoms with Gasteiger partial charge < -0.3 is 9.80 Å². The highest BCUT2D eigenvalue weighted by Crippen LogP contribution is 2.21. The van der Waals surface area contributed by atoms with Crippen molar-refractivity contribution in [2.75, 3.05) is 31.1 Å². The van der Waals surface area contributed by atoms with E-state index in [0.29, 0.717) is 31.7 Å². The average molecular weight is 436 g/mol. The third-order valence-electron chi connectivity index (χ3n) is 5.43. The van der Waals surface area contributed by atoms with Crippen molar-refractivity contribution < 1.29 is 9.59 Å². The molecule has 0 N–H and O–H groups in total. The number of piperazine rings is 1. The van der Waals surface area contributed by atoms with E-state index in [4.69, 9.17) is 11.6 Å². The molecular formula is C24H22ClN3O3. The van der Waals surface area contributed by atoms with Crippen molar-refractivity contribution >= 4 is 29.0 Å². The Morgan fingerprint density at radius 3 is 2.06 bits per heavy atom. The van der Waals surface area contributed by atoms with Crippen LogP contribution in [0.2, 0.25) is 5.02 Å². The van der Waals surface area contributed by atoms with Crippen molar-refractivity contribution in [2.24, 2.45) is 0 Å². The Kier molecular flexibility index (Phi) is 6.18. The second-order valence-electron chi connectivity index (χ2n) is 7.37. The zero-order valence-electron chi connectivity index (χ0n) is 16.9. The van der Waals surface area contributed by atoms with Gasteiger partial charge in [0.15, 0.2) is 11.8 Å². The number of benzene rings is 2. The molecule has 2 heterocycles. The second-order valence-corrected chi connectivity index (χ2v) is 7.81. The number of hydrogen-bond donors (Lipinski definition) is 0. The first-order valence-electron chi connectivity index (χ1n) is 10.1. The van der Waals surface area contributed by atoms with E-state index in [1.165, 1.54) is 18.3 Å². The molecule has 1 aromatic heterocycles. The Morgan fingerprint density at radius 1 is 0.806 bits per heavy atom. The van der Waals surface area contributed by atoms with Crippen LogP contribution in [-0.2, 0) is 4.79 Å². The minimum atomic E-state index is -1.29. The molecule has 1 aliphatic heterocycles. The van der Waals surface area contributed by atoms with Gasteiger partial charge in [0.05, 0.1) is 5.02 Å². The molecule has 1 atom stereocenters. The second kappa shape index (κ2) is 9.18. The van der Waals surface area contributed by atoms with Crippen LogP contribution < -0.4 is 10.5 Å². The quantitative estimate of drug-likeness (QED) is 0.456. The van der Waals surface area contributed by atoms with E-state index in [1.807, 2.05) is 30.3 Å². The van der Waals surface area contributed by atoms with Crippen LogP contribution in [0.4, 0.5) is 5.69 Å². The lowest BCUT2D eigenvalue weighted by Crippen LogP contribution is -2.52. The molecule has 7 heteroatoms. The minimum Gasteiger partial charge on any atom is -0.368 e. The number of halogens is 1. The molecule has 1 unspecified atom stereocenters. The van der Waals surface area contributed by atoms with Crippen LogP contribution in [0.3, 0.4) is 0 Å². The summed E-state index contributed by atoms with van der Waals surface area (Å²) in [5, 5.41) is 0.284. The SMILES string of the molecule is O=C(c1ccccc1)C(C(=O)N1CCN(c2ccccc2)CC1)n1cc(Cl)ccc1=O. The van der Waals surface area contributed by atoms with Gasteiger partial charge in [0, 0.05) is 49.7 Å². The molecular weight excluding hydrogens is 414 g/mol. The normalized spacial score (nSPS) is 14.9. The van der Waals surface area contributed by atoms with Crippen molar-refractivity contribution in [2.45, 2.75) is 6.04 Å². The van der Waals surface area contributed by atoms with Crippen molar-refractivity contribution in [3.8, 4) is 0 Å². The monoisotopic (exact) mass is 435 g/mol. The summed E-state index contributed by atoms with van der Waals surface area (Å²) < 4.78 is 1.14. The topological polar surface area (TPSA) is 62.6 Å². The number of hydrogen-bond acceptors (Lipinski definition) is 4. The van der Waals surface area contributed by atoms with Crippen molar-refractivity contribution in [1.82, 2.24) is 9.47 Å². The van der Waals surface area contributed by atoms with Gasteiger partial charge in [-0.3, -0.25) is 19.0 Å². The Labute approximate surface area is 185 Å². The van der Waals surface area contributed by atoms with E-state index in [1.54, 1.807) is 35.2 Å². The van der Waals surface area contributed by atoms with Crippen LogP contribution in [0.25, 0.3) is 0 Å². The van der Waals surface area contributed by atoms with Crippen molar-refractivity contribution in [1.29, 1.82) is 0 Å². The lowest BCUT2D eigenvalue weighted by atomic mass is 10.0. The molecule has 0 bridgehead atoms. The van der Waals surface area contributed by atoms with Gasteiger partial charge in [-0.05, 0) is 18.2 Å². The molecule has 4 rings (SSSR count). The summed E-state index contributed by atoms with van der Waals surface area (Å²) in [6, 6.07) is 20.0. The van der Waals surface area contributed by atoms with Crippen LogP contribution in [0.15, 0.2) is 83.8 Å². The van der Waals surface area contributed by atoms with Crippen LogP contribution in [0.5, 0.6) is 0 Å². The van der Waals surface area contributed by atoms with Gasteiger partial charge in [0.1, 0.15) is 0 Å². The number of anilines is 1. The number of para-hydroxylation sites is 1. The standard InChI is InChI=1S/C24H22ClN3O3/c25-19-11-12-21(29)28(17-19)22(23(30)18-7-3-1-4-8-18)24(31)27-15-13-26(14-16-27)20-9-5-2-6-10-20/h1-12,17,22H,13-16H2. The summed E-state index contributed by atoms with van der Waals surface area (Å²) in [5.41, 5.74) is 1.02. The Balaban J connectivity index is 1.61. The maximum Gasteiger partial charge on any atom is 0.253 e. The molecule has 158 valence electrons. The Morgan fingerprint density at radius 2 is 1.42 bits per heavy atom. The molecule has 1 amide bonds. The number of Topliss-reactive ketones (excluding diaryl/α,β-unsaturated/α-hetero) is 1. The van der Waals surface area contributed by atoms with E-state index in [-0.39, 0.29) is 5.02 Å². The molecule has 31 heavy (non-hydrogen) atoms. The summed E-state index contributed by atoms with van der Waals surface area (Å²) in [7, 11) is 0. The predicted octanol–water partition coefficient (Wildman–Crippen LogP) is 3.27. The summed E-state index contributed by atoms with van der Waals surface area (Å²) in [6.07, 6.45) is 1.35. The first-order chi connectivity index (χ1) is 15.0. The fourth-order valence-corrected chi connectivity index (χ4v) is 3.96. The number of ketones is 1. The largest absolute Gasteiger partial charge is 0.368 e. The third-order valence-corrected chi connectivity index (χ3v) is 5.66. The summed E-state index contributed by atoms with van der Waals surface area (Å²) in [5.74, 6) is -0.827. The molecule has 1 aliphatic rings. The number of carbonyl (C=O) groups is 2.